The zero-order chi connectivity index (χ0) is 9.10. The molecule has 0 spiro atoms. The van der Waals surface area contributed by atoms with E-state index in [1.807, 2.05) is 29.7 Å². The van der Waals surface area contributed by atoms with Gasteiger partial charge in [-0.05, 0) is 12.2 Å². The van der Waals surface area contributed by atoms with Crippen molar-refractivity contribution in [1.82, 2.24) is 20.3 Å². The van der Waals surface area contributed by atoms with Crippen LogP contribution in [0, 0.1) is 0 Å². The van der Waals surface area contributed by atoms with Crippen molar-refractivity contribution >= 4 is 11.8 Å². The summed E-state index contributed by atoms with van der Waals surface area (Å²) >= 11 is 2.02. The fourth-order valence-corrected chi connectivity index (χ4v) is 2.60. The van der Waals surface area contributed by atoms with E-state index in [9.17, 15) is 0 Å². The maximum atomic E-state index is 3.88. The summed E-state index contributed by atoms with van der Waals surface area (Å²) in [5, 5.41) is 11.2. The molecule has 4 nitrogen and oxygen atoms in total. The monoisotopic (exact) mass is 198 g/mol. The second-order valence-corrected chi connectivity index (χ2v) is 4.44. The van der Waals surface area contributed by atoms with E-state index in [4.69, 9.17) is 0 Å². The molecule has 1 fully saturated rings. The normalized spacial score (nSPS) is 22.4. The third-order valence-corrected chi connectivity index (χ3v) is 3.47. The minimum absolute atomic E-state index is 0.680. The first-order chi connectivity index (χ1) is 6.36. The zero-order valence-corrected chi connectivity index (χ0v) is 8.55. The summed E-state index contributed by atoms with van der Waals surface area (Å²) in [5.41, 5.74) is 1.15. The molecule has 1 aliphatic heterocycles. The number of aryl methyl sites for hydroxylation is 1. The van der Waals surface area contributed by atoms with Gasteiger partial charge < -0.3 is 5.32 Å². The van der Waals surface area contributed by atoms with Crippen molar-refractivity contribution in [2.45, 2.75) is 19.0 Å². The molecule has 5 heteroatoms. The largest absolute Gasteiger partial charge is 0.307 e. The highest BCUT2D eigenvalue weighted by molar-refractivity contribution is 7.99. The number of nitrogens with zero attached hydrogens (tertiary/aromatic N) is 3. The summed E-state index contributed by atoms with van der Waals surface area (Å²) < 4.78 is 1.81. The lowest BCUT2D eigenvalue weighted by Crippen LogP contribution is -2.28. The molecule has 13 heavy (non-hydrogen) atoms. The van der Waals surface area contributed by atoms with E-state index in [0.29, 0.717) is 6.04 Å². The highest BCUT2D eigenvalue weighted by Crippen LogP contribution is 2.17. The highest BCUT2D eigenvalue weighted by atomic mass is 32.2. The van der Waals surface area contributed by atoms with Crippen LogP contribution in [0.5, 0.6) is 0 Å². The molecule has 1 aromatic rings. The average Bonchev–Trinajstić information content (AvgIpc) is 2.72. The van der Waals surface area contributed by atoms with Crippen molar-refractivity contribution in [2.24, 2.45) is 7.05 Å². The predicted molar refractivity (Wildman–Crippen MR) is 53.6 cm³/mol. The molecule has 2 rings (SSSR count). The first-order valence-corrected chi connectivity index (χ1v) is 5.66. The standard InChI is InChI=1S/C8H14N4S/c1-12-8(5-10-11-12)4-9-7-2-3-13-6-7/h5,7,9H,2-4,6H2,1H3. The second-order valence-electron chi connectivity index (χ2n) is 3.29. The summed E-state index contributed by atoms with van der Waals surface area (Å²) in [7, 11) is 1.92. The van der Waals surface area contributed by atoms with Gasteiger partial charge in [0.1, 0.15) is 0 Å². The highest BCUT2D eigenvalue weighted by Gasteiger charge is 2.14. The number of hydrogen-bond donors (Lipinski definition) is 1. The van der Waals surface area contributed by atoms with Crippen molar-refractivity contribution < 1.29 is 0 Å². The lowest BCUT2D eigenvalue weighted by atomic mass is 10.2. The van der Waals surface area contributed by atoms with Crippen molar-refractivity contribution in [3.8, 4) is 0 Å². The molecule has 1 atom stereocenters. The van der Waals surface area contributed by atoms with Gasteiger partial charge in [-0.3, -0.25) is 4.68 Å². The first-order valence-electron chi connectivity index (χ1n) is 4.51. The van der Waals surface area contributed by atoms with Gasteiger partial charge in [-0.1, -0.05) is 5.21 Å². The van der Waals surface area contributed by atoms with Crippen LogP contribution in [-0.4, -0.2) is 32.5 Å². The quantitative estimate of drug-likeness (QED) is 0.764. The Labute approximate surface area is 82.1 Å². The van der Waals surface area contributed by atoms with Gasteiger partial charge in [0, 0.05) is 25.4 Å². The molecular weight excluding hydrogens is 184 g/mol. The van der Waals surface area contributed by atoms with E-state index in [1.54, 1.807) is 0 Å². The lowest BCUT2D eigenvalue weighted by molar-refractivity contribution is 0.534. The molecular formula is C8H14N4S. The fraction of sp³-hybridized carbons (Fsp3) is 0.750. The summed E-state index contributed by atoms with van der Waals surface area (Å²) in [4.78, 5) is 0. The van der Waals surface area contributed by atoms with Gasteiger partial charge in [-0.2, -0.15) is 11.8 Å². The summed E-state index contributed by atoms with van der Waals surface area (Å²) in [6.07, 6.45) is 3.10. The van der Waals surface area contributed by atoms with Crippen LogP contribution >= 0.6 is 11.8 Å². The molecule has 1 N–H and O–H groups in total. The molecule has 0 aromatic carbocycles. The van der Waals surface area contributed by atoms with Crippen molar-refractivity contribution in [3.63, 3.8) is 0 Å². The Bertz CT molecular complexity index is 267. The molecule has 72 valence electrons. The average molecular weight is 198 g/mol. The third-order valence-electron chi connectivity index (χ3n) is 2.31. The maximum absolute atomic E-state index is 3.88. The number of thioether (sulfide) groups is 1. The van der Waals surface area contributed by atoms with Gasteiger partial charge in [0.15, 0.2) is 0 Å². The third kappa shape index (κ3) is 2.22. The minimum atomic E-state index is 0.680. The van der Waals surface area contributed by atoms with Crippen LogP contribution in [-0.2, 0) is 13.6 Å². The van der Waals surface area contributed by atoms with E-state index in [1.165, 1.54) is 17.9 Å². The SMILES string of the molecule is Cn1nncc1CNC1CCSC1. The summed E-state index contributed by atoms with van der Waals surface area (Å²) in [6.45, 7) is 0.884. The molecule has 0 aliphatic carbocycles. The van der Waals surface area contributed by atoms with Crippen LogP contribution in [0.3, 0.4) is 0 Å². The zero-order valence-electron chi connectivity index (χ0n) is 7.73. The molecule has 0 saturated carbocycles. The second kappa shape index (κ2) is 4.11. The molecule has 2 heterocycles. The smallest absolute Gasteiger partial charge is 0.0738 e. The van der Waals surface area contributed by atoms with Gasteiger partial charge in [0.05, 0.1) is 11.9 Å². The first kappa shape index (κ1) is 9.02. The lowest BCUT2D eigenvalue weighted by Gasteiger charge is -2.09. The van der Waals surface area contributed by atoms with Gasteiger partial charge in [0.2, 0.25) is 0 Å². The van der Waals surface area contributed by atoms with E-state index >= 15 is 0 Å². The predicted octanol–water partition coefficient (Wildman–Crippen LogP) is 0.410. The van der Waals surface area contributed by atoms with E-state index in [-0.39, 0.29) is 0 Å². The molecule has 1 aromatic heterocycles. The molecule has 1 saturated heterocycles. The Morgan fingerprint density at radius 3 is 3.31 bits per heavy atom. The Morgan fingerprint density at radius 1 is 1.77 bits per heavy atom. The Morgan fingerprint density at radius 2 is 2.69 bits per heavy atom. The van der Waals surface area contributed by atoms with E-state index < -0.39 is 0 Å². The number of nitrogens with one attached hydrogen (secondary N) is 1. The van der Waals surface area contributed by atoms with Crippen molar-refractivity contribution in [3.05, 3.63) is 11.9 Å². The van der Waals surface area contributed by atoms with Gasteiger partial charge >= 0.3 is 0 Å². The molecule has 0 amide bonds. The van der Waals surface area contributed by atoms with Crippen LogP contribution in [0.15, 0.2) is 6.20 Å². The van der Waals surface area contributed by atoms with Gasteiger partial charge in [-0.25, -0.2) is 0 Å². The van der Waals surface area contributed by atoms with Crippen LogP contribution in [0.4, 0.5) is 0 Å². The van der Waals surface area contributed by atoms with E-state index in [0.717, 1.165) is 12.2 Å². The van der Waals surface area contributed by atoms with Crippen molar-refractivity contribution in [1.29, 1.82) is 0 Å². The van der Waals surface area contributed by atoms with Crippen LogP contribution in [0.2, 0.25) is 0 Å². The van der Waals surface area contributed by atoms with Crippen molar-refractivity contribution in [2.75, 3.05) is 11.5 Å². The maximum Gasteiger partial charge on any atom is 0.0738 e. The number of hydrogen-bond acceptors (Lipinski definition) is 4. The van der Waals surface area contributed by atoms with Gasteiger partial charge in [0.25, 0.3) is 0 Å². The molecule has 1 aliphatic rings. The molecule has 0 bridgehead atoms. The van der Waals surface area contributed by atoms with E-state index in [2.05, 4.69) is 15.6 Å². The Balaban J connectivity index is 1.82. The topological polar surface area (TPSA) is 42.7 Å². The number of rotatable bonds is 3. The summed E-state index contributed by atoms with van der Waals surface area (Å²) in [6, 6.07) is 0.680. The summed E-state index contributed by atoms with van der Waals surface area (Å²) in [5.74, 6) is 2.53. The van der Waals surface area contributed by atoms with Gasteiger partial charge in [-0.15, -0.1) is 5.10 Å². The van der Waals surface area contributed by atoms with Crippen LogP contribution < -0.4 is 5.32 Å². The Kier molecular flexibility index (Phi) is 2.85. The van der Waals surface area contributed by atoms with Crippen LogP contribution in [0.25, 0.3) is 0 Å². The molecule has 1 unspecified atom stereocenters. The minimum Gasteiger partial charge on any atom is -0.307 e. The Hall–Kier alpha value is -0.550. The molecule has 0 radical (unpaired) electrons. The number of aromatic nitrogens is 3. The van der Waals surface area contributed by atoms with Crippen LogP contribution in [0.1, 0.15) is 12.1 Å². The fourth-order valence-electron chi connectivity index (χ4n) is 1.42.